The third-order valence-corrected chi connectivity index (χ3v) is 12.9. The van der Waals surface area contributed by atoms with Crippen molar-refractivity contribution in [3.63, 3.8) is 0 Å². The van der Waals surface area contributed by atoms with Crippen LogP contribution in [0.25, 0.3) is 44.6 Å². The molecule has 0 aliphatic heterocycles. The Morgan fingerprint density at radius 3 is 1.49 bits per heavy atom. The summed E-state index contributed by atoms with van der Waals surface area (Å²) < 4.78 is 12.1. The van der Waals surface area contributed by atoms with E-state index in [1.165, 1.54) is 49.7 Å². The summed E-state index contributed by atoms with van der Waals surface area (Å²) in [5, 5.41) is 23.4. The summed E-state index contributed by atoms with van der Waals surface area (Å²) in [6.07, 6.45) is 16.9. The number of carbonyl (C=O) groups is 4. The van der Waals surface area contributed by atoms with Crippen LogP contribution in [0.15, 0.2) is 165 Å². The van der Waals surface area contributed by atoms with Gasteiger partial charge in [-0.15, -0.1) is 0 Å². The predicted octanol–water partition coefficient (Wildman–Crippen LogP) is 9.88. The van der Waals surface area contributed by atoms with E-state index < -0.39 is 23.5 Å². The number of aromatic nitrogens is 10. The second-order valence-electron chi connectivity index (χ2n) is 19.2. The van der Waals surface area contributed by atoms with Crippen LogP contribution in [0, 0.1) is 27.7 Å². The van der Waals surface area contributed by atoms with Crippen LogP contribution in [-0.4, -0.2) is 83.6 Å². The number of carbonyl (C=O) groups excluding carboxylic acids is 4. The van der Waals surface area contributed by atoms with E-state index in [1.807, 2.05) is 97.6 Å². The van der Waals surface area contributed by atoms with E-state index in [1.54, 1.807) is 86.5 Å². The summed E-state index contributed by atoms with van der Waals surface area (Å²) in [7, 11) is 6.58. The zero-order valence-corrected chi connectivity index (χ0v) is 47.8. The second kappa shape index (κ2) is 25.8. The van der Waals surface area contributed by atoms with Crippen molar-refractivity contribution in [3.8, 4) is 34.3 Å². The molecule has 1 aromatic carbocycles. The van der Waals surface area contributed by atoms with Gasteiger partial charge in [0.15, 0.2) is 18.2 Å². The largest absolute Gasteiger partial charge is 0.504 e. The standard InChI is InChI=1S/C37H34N10O6.2C12H12N2.Ru/c1-44-13-7-10-26(44)35(50)41-22-16-28(46(3)17-22)36(51)43-25-19-47(4)32(33(25)48)37(52)42-23-15-27(45(2)18-23)34(49)40-20-53-29-14-21-8-5-11-38-30(21)31-24(29)9-6-12-39-31;2*1-9-3-5-13-11(7-9)12-8-10(2)4-6-14-12;/h5-19,48H,20H2,1-4H3,(H,40,49)(H,41,50)(H,42,52)(H,43,51);2*3-8H,1-2H3;. The molecule has 5 N–H and O–H groups in total. The van der Waals surface area contributed by atoms with Crippen LogP contribution < -0.4 is 26.0 Å². The number of nitrogens with one attached hydrogen (secondary N) is 4. The molecule has 4 amide bonds. The van der Waals surface area contributed by atoms with Gasteiger partial charge in [-0.05, 0) is 147 Å². The molecule has 21 heteroatoms. The predicted molar refractivity (Wildman–Crippen MR) is 311 cm³/mol. The molecule has 20 nitrogen and oxygen atoms in total. The average molecular weight is 1180 g/mol. The molecule has 0 unspecified atom stereocenters. The van der Waals surface area contributed by atoms with Crippen molar-refractivity contribution in [2.45, 2.75) is 27.7 Å². The molecule has 0 radical (unpaired) electrons. The van der Waals surface area contributed by atoms with Crippen LogP contribution in [0.4, 0.5) is 17.1 Å². The Labute approximate surface area is 485 Å². The van der Waals surface area contributed by atoms with Gasteiger partial charge in [-0.3, -0.25) is 49.1 Å². The van der Waals surface area contributed by atoms with E-state index in [0.29, 0.717) is 28.3 Å². The Hall–Kier alpha value is -10.1. The molecule has 0 aliphatic carbocycles. The fourth-order valence-corrected chi connectivity index (χ4v) is 8.80. The van der Waals surface area contributed by atoms with Crippen molar-refractivity contribution in [3.05, 3.63) is 210 Å². The summed E-state index contributed by atoms with van der Waals surface area (Å²) in [6.45, 7) is 8.09. The number of aryl methyl sites for hydroxylation is 8. The Morgan fingerprint density at radius 2 is 0.976 bits per heavy atom. The first kappa shape index (κ1) is 58.0. The number of aromatic hydroxyl groups is 1. The molecule has 0 saturated heterocycles. The van der Waals surface area contributed by atoms with Gasteiger partial charge in [0, 0.05) is 120 Å². The van der Waals surface area contributed by atoms with Gasteiger partial charge in [-0.1, -0.05) is 6.07 Å². The van der Waals surface area contributed by atoms with Gasteiger partial charge in [-0.2, -0.15) is 0 Å². The Bertz CT molecular complexity index is 3970. The summed E-state index contributed by atoms with van der Waals surface area (Å²) in [6, 6.07) is 31.8. The molecule has 0 bridgehead atoms. The molecule has 0 saturated carbocycles. The van der Waals surface area contributed by atoms with Crippen LogP contribution in [-0.2, 0) is 47.7 Å². The van der Waals surface area contributed by atoms with Crippen molar-refractivity contribution < 1.29 is 48.5 Å². The van der Waals surface area contributed by atoms with Crippen LogP contribution in [0.3, 0.4) is 0 Å². The van der Waals surface area contributed by atoms with E-state index in [-0.39, 0.29) is 54.9 Å². The van der Waals surface area contributed by atoms with Gasteiger partial charge in [0.05, 0.1) is 39.7 Å². The molecule has 10 aromatic heterocycles. The Kier molecular flexibility index (Phi) is 18.2. The maximum atomic E-state index is 13.3. The summed E-state index contributed by atoms with van der Waals surface area (Å²) in [5.74, 6) is -1.97. The molecule has 0 spiro atoms. The first-order valence-electron chi connectivity index (χ1n) is 25.5. The van der Waals surface area contributed by atoms with Gasteiger partial charge in [0.1, 0.15) is 34.0 Å². The minimum Gasteiger partial charge on any atom is -0.504 e. The molecule has 0 fully saturated rings. The summed E-state index contributed by atoms with van der Waals surface area (Å²) >= 11 is 0. The number of hydrogen-bond donors (Lipinski definition) is 5. The molecule has 10 heterocycles. The van der Waals surface area contributed by atoms with Gasteiger partial charge in [0.2, 0.25) is 0 Å². The number of pyridine rings is 6. The summed E-state index contributed by atoms with van der Waals surface area (Å²) in [4.78, 5) is 78.3. The average Bonchev–Trinajstić information content (AvgIpc) is 4.30. The molecule has 82 heavy (non-hydrogen) atoms. The van der Waals surface area contributed by atoms with Crippen molar-refractivity contribution >= 4 is 62.5 Å². The van der Waals surface area contributed by atoms with E-state index in [0.717, 1.165) is 39.1 Å². The summed E-state index contributed by atoms with van der Waals surface area (Å²) in [5.41, 5.74) is 11.5. The topological polar surface area (TPSA) is 243 Å². The minimum atomic E-state index is -0.679. The van der Waals surface area contributed by atoms with Gasteiger partial charge < -0.3 is 49.4 Å². The number of amides is 4. The second-order valence-corrected chi connectivity index (χ2v) is 19.2. The number of ether oxygens (including phenoxy) is 1. The zero-order valence-electron chi connectivity index (χ0n) is 46.1. The van der Waals surface area contributed by atoms with E-state index in [2.05, 4.69) is 78.9 Å². The number of rotatable bonds is 12. The van der Waals surface area contributed by atoms with Crippen molar-refractivity contribution in [2.75, 3.05) is 22.7 Å². The minimum absolute atomic E-state index is 0. The van der Waals surface area contributed by atoms with E-state index in [4.69, 9.17) is 4.74 Å². The van der Waals surface area contributed by atoms with Crippen molar-refractivity contribution in [1.29, 1.82) is 0 Å². The number of nitrogens with zero attached hydrogens (tertiary/aromatic N) is 10. The monoisotopic (exact) mass is 1180 g/mol. The first-order valence-corrected chi connectivity index (χ1v) is 25.5. The first-order chi connectivity index (χ1) is 39.0. The molecule has 0 aliphatic rings. The van der Waals surface area contributed by atoms with Gasteiger partial charge in [-0.25, -0.2) is 0 Å². The molecular weight excluding hydrogens is 1130 g/mol. The fraction of sp³-hybridized carbons (Fsp3) is 0.148. The third-order valence-electron chi connectivity index (χ3n) is 12.9. The number of hydrogen-bond acceptors (Lipinski definition) is 12. The zero-order chi connectivity index (χ0) is 57.3. The van der Waals surface area contributed by atoms with E-state index >= 15 is 0 Å². The molecule has 11 rings (SSSR count). The van der Waals surface area contributed by atoms with Crippen LogP contribution in [0.1, 0.15) is 64.2 Å². The molecule has 0 atom stereocenters. The van der Waals surface area contributed by atoms with Gasteiger partial charge >= 0.3 is 0 Å². The maximum Gasteiger partial charge on any atom is 0.276 e. The fourth-order valence-electron chi connectivity index (χ4n) is 8.80. The maximum absolute atomic E-state index is 13.3. The van der Waals surface area contributed by atoms with Crippen molar-refractivity contribution in [2.24, 2.45) is 28.2 Å². The van der Waals surface area contributed by atoms with Gasteiger partial charge in [0.25, 0.3) is 23.6 Å². The quantitative estimate of drug-likeness (QED) is 0.0436. The molecule has 11 aromatic rings. The Balaban J connectivity index is 0.000000245. The van der Waals surface area contributed by atoms with Crippen LogP contribution in [0.2, 0.25) is 0 Å². The van der Waals surface area contributed by atoms with Crippen molar-refractivity contribution in [1.82, 2.24) is 53.5 Å². The molecular formula is C61H58N14O6Ru. The SMILES string of the molecule is Cc1ccnc(-c2cc(C)ccn2)c1.Cc1ccnc(-c2cc(C)ccn2)c1.Cn1cc(NC(=O)c2c(O)c(NC(=O)c3cc(NC(=O)c4cccn4C)cn3C)cn2C)cc1C(=O)NCOc1cc2cccnc2c2ncccc12.[Ru]. The molecule has 416 valence electrons. The van der Waals surface area contributed by atoms with E-state index in [9.17, 15) is 24.3 Å². The number of fused-ring (bicyclic) bond motifs is 3. The number of anilines is 3. The Morgan fingerprint density at radius 1 is 0.488 bits per heavy atom. The normalized spacial score (nSPS) is 10.6. The van der Waals surface area contributed by atoms with Crippen LogP contribution in [0.5, 0.6) is 11.5 Å². The number of benzene rings is 1. The smallest absolute Gasteiger partial charge is 0.276 e. The van der Waals surface area contributed by atoms with Crippen LogP contribution >= 0.6 is 0 Å². The third kappa shape index (κ3) is 13.6.